The van der Waals surface area contributed by atoms with Gasteiger partial charge in [-0.2, -0.15) is 0 Å². The molecule has 0 fully saturated rings. The number of nitrogens with zero attached hydrogens (tertiary/aromatic N) is 1. The lowest BCUT2D eigenvalue weighted by atomic mass is 10.1. The van der Waals surface area contributed by atoms with E-state index in [4.69, 9.17) is 0 Å². The molecule has 7 heteroatoms. The van der Waals surface area contributed by atoms with E-state index >= 15 is 0 Å². The topological polar surface area (TPSA) is 95.1 Å². The Kier molecular flexibility index (Phi) is 4.22. The smallest absolute Gasteiger partial charge is 0.241 e. The summed E-state index contributed by atoms with van der Waals surface area (Å²) in [6.07, 6.45) is 3.05. The minimum absolute atomic E-state index is 0.143. The molecule has 1 aromatic carbocycles. The van der Waals surface area contributed by atoms with Crippen molar-refractivity contribution < 1.29 is 13.5 Å². The molecule has 0 radical (unpaired) electrons. The number of aliphatic hydroxyl groups is 1. The van der Waals surface area contributed by atoms with Gasteiger partial charge in [0.15, 0.2) is 0 Å². The maximum Gasteiger partial charge on any atom is 0.241 e. The van der Waals surface area contributed by atoms with Crippen LogP contribution in [0.25, 0.3) is 0 Å². The molecule has 0 amide bonds. The van der Waals surface area contributed by atoms with Crippen LogP contribution in [0.3, 0.4) is 0 Å². The number of hydrogen-bond acceptors (Lipinski definition) is 4. The molecule has 0 aliphatic carbocycles. The van der Waals surface area contributed by atoms with Crippen LogP contribution in [0.1, 0.15) is 22.4 Å². The summed E-state index contributed by atoms with van der Waals surface area (Å²) < 4.78 is 27.1. The number of nitrogens with one attached hydrogen (secondary N) is 2. The Balaban J connectivity index is 2.29. The second kappa shape index (κ2) is 5.74. The lowest BCUT2D eigenvalue weighted by Crippen LogP contribution is -2.24. The van der Waals surface area contributed by atoms with Gasteiger partial charge in [0.2, 0.25) is 10.0 Å². The van der Waals surface area contributed by atoms with E-state index in [9.17, 15) is 13.5 Å². The van der Waals surface area contributed by atoms with Crippen LogP contribution >= 0.6 is 0 Å². The Labute approximate surface area is 117 Å². The second-order valence-electron chi connectivity index (χ2n) is 4.60. The van der Waals surface area contributed by atoms with Crippen LogP contribution in [0.5, 0.6) is 0 Å². The SMILES string of the molecule is Cc1cc(C)c(S(=O)(=O)NCc2cnc[nH]2)cc1CO. The molecule has 2 aromatic rings. The zero-order valence-electron chi connectivity index (χ0n) is 11.3. The summed E-state index contributed by atoms with van der Waals surface area (Å²) in [5.74, 6) is 0. The van der Waals surface area contributed by atoms with Crippen molar-refractivity contribution in [1.82, 2.24) is 14.7 Å². The van der Waals surface area contributed by atoms with Gasteiger partial charge in [-0.25, -0.2) is 18.1 Å². The highest BCUT2D eigenvalue weighted by atomic mass is 32.2. The number of benzene rings is 1. The van der Waals surface area contributed by atoms with Crippen molar-refractivity contribution in [2.45, 2.75) is 31.9 Å². The Hall–Kier alpha value is -1.70. The molecule has 0 saturated heterocycles. The first-order chi connectivity index (χ1) is 9.44. The molecule has 0 saturated carbocycles. The minimum Gasteiger partial charge on any atom is -0.392 e. The largest absolute Gasteiger partial charge is 0.392 e. The summed E-state index contributed by atoms with van der Waals surface area (Å²) >= 11 is 0. The van der Waals surface area contributed by atoms with Crippen molar-refractivity contribution in [3.63, 3.8) is 0 Å². The first-order valence-electron chi connectivity index (χ1n) is 6.12. The summed E-state index contributed by atoms with van der Waals surface area (Å²) in [7, 11) is -3.63. The molecule has 0 spiro atoms. The Morgan fingerprint density at radius 2 is 2.05 bits per heavy atom. The standard InChI is InChI=1S/C13H17N3O3S/c1-9-3-10(2)13(4-11(9)7-17)20(18,19)16-6-12-5-14-8-15-12/h3-5,8,16-17H,6-7H2,1-2H3,(H,14,15). The lowest BCUT2D eigenvalue weighted by molar-refractivity contribution is 0.280. The third kappa shape index (κ3) is 3.06. The molecule has 6 nitrogen and oxygen atoms in total. The van der Waals surface area contributed by atoms with E-state index < -0.39 is 10.0 Å². The number of sulfonamides is 1. The second-order valence-corrected chi connectivity index (χ2v) is 6.34. The summed E-state index contributed by atoms with van der Waals surface area (Å²) in [6.45, 7) is 3.53. The molecule has 1 aromatic heterocycles. The van der Waals surface area contributed by atoms with Gasteiger partial charge in [-0.15, -0.1) is 0 Å². The molecule has 2 rings (SSSR count). The van der Waals surface area contributed by atoms with Gasteiger partial charge in [0.05, 0.1) is 24.4 Å². The molecule has 0 atom stereocenters. The van der Waals surface area contributed by atoms with E-state index in [-0.39, 0.29) is 18.0 Å². The predicted molar refractivity (Wildman–Crippen MR) is 74.5 cm³/mol. The summed E-state index contributed by atoms with van der Waals surface area (Å²) in [4.78, 5) is 6.84. The first kappa shape index (κ1) is 14.7. The third-order valence-corrected chi connectivity index (χ3v) is 4.64. The fraction of sp³-hybridized carbons (Fsp3) is 0.308. The number of H-pyrrole nitrogens is 1. The Bertz CT molecular complexity index is 694. The van der Waals surface area contributed by atoms with Gasteiger partial charge < -0.3 is 10.1 Å². The molecule has 108 valence electrons. The van der Waals surface area contributed by atoms with Crippen molar-refractivity contribution in [1.29, 1.82) is 0 Å². The van der Waals surface area contributed by atoms with E-state index in [0.717, 1.165) is 5.56 Å². The first-order valence-corrected chi connectivity index (χ1v) is 7.60. The van der Waals surface area contributed by atoms with Crippen LogP contribution in [0.15, 0.2) is 29.6 Å². The number of aromatic nitrogens is 2. The lowest BCUT2D eigenvalue weighted by Gasteiger charge is -2.12. The van der Waals surface area contributed by atoms with Crippen LogP contribution in [0, 0.1) is 13.8 Å². The number of hydrogen-bond donors (Lipinski definition) is 3. The van der Waals surface area contributed by atoms with Crippen LogP contribution < -0.4 is 4.72 Å². The van der Waals surface area contributed by atoms with Crippen molar-refractivity contribution in [3.8, 4) is 0 Å². The van der Waals surface area contributed by atoms with Gasteiger partial charge in [0, 0.05) is 11.9 Å². The molecule has 1 heterocycles. The molecular formula is C13H17N3O3S. The normalized spacial score (nSPS) is 11.8. The molecule has 0 bridgehead atoms. The van der Waals surface area contributed by atoms with Gasteiger partial charge >= 0.3 is 0 Å². The number of aromatic amines is 1. The third-order valence-electron chi connectivity index (χ3n) is 3.10. The van der Waals surface area contributed by atoms with Crippen molar-refractivity contribution in [2.24, 2.45) is 0 Å². The van der Waals surface area contributed by atoms with Crippen molar-refractivity contribution in [2.75, 3.05) is 0 Å². The number of aryl methyl sites for hydroxylation is 2. The number of aliphatic hydroxyl groups excluding tert-OH is 1. The fourth-order valence-corrected chi connectivity index (χ4v) is 3.25. The molecular weight excluding hydrogens is 278 g/mol. The van der Waals surface area contributed by atoms with Crippen LogP contribution in [0.4, 0.5) is 0 Å². The zero-order valence-corrected chi connectivity index (χ0v) is 12.2. The molecule has 3 N–H and O–H groups in total. The highest BCUT2D eigenvalue weighted by molar-refractivity contribution is 7.89. The van der Waals surface area contributed by atoms with Gasteiger partial charge in [-0.3, -0.25) is 0 Å². The highest BCUT2D eigenvalue weighted by Gasteiger charge is 2.18. The monoisotopic (exact) mass is 295 g/mol. The molecule has 20 heavy (non-hydrogen) atoms. The van der Waals surface area contributed by atoms with Gasteiger partial charge in [0.25, 0.3) is 0 Å². The van der Waals surface area contributed by atoms with E-state index in [1.165, 1.54) is 12.4 Å². The fourth-order valence-electron chi connectivity index (χ4n) is 1.97. The van der Waals surface area contributed by atoms with E-state index in [1.807, 2.05) is 6.92 Å². The van der Waals surface area contributed by atoms with Gasteiger partial charge in [-0.1, -0.05) is 6.07 Å². The molecule has 0 unspecified atom stereocenters. The molecule has 0 aliphatic heterocycles. The quantitative estimate of drug-likeness (QED) is 0.767. The molecule has 0 aliphatic rings. The highest BCUT2D eigenvalue weighted by Crippen LogP contribution is 2.20. The number of imidazole rings is 1. The van der Waals surface area contributed by atoms with Crippen LogP contribution in [-0.2, 0) is 23.2 Å². The van der Waals surface area contributed by atoms with Crippen LogP contribution in [-0.4, -0.2) is 23.5 Å². The number of rotatable bonds is 5. The predicted octanol–water partition coefficient (Wildman–Crippen LogP) is 0.997. The van der Waals surface area contributed by atoms with E-state index in [1.54, 1.807) is 19.2 Å². The minimum atomic E-state index is -3.63. The average Bonchev–Trinajstić information content (AvgIpc) is 2.89. The van der Waals surface area contributed by atoms with Gasteiger partial charge in [0.1, 0.15) is 0 Å². The Morgan fingerprint density at radius 3 is 2.65 bits per heavy atom. The van der Waals surface area contributed by atoms with Crippen molar-refractivity contribution >= 4 is 10.0 Å². The zero-order chi connectivity index (χ0) is 14.8. The van der Waals surface area contributed by atoms with E-state index in [2.05, 4.69) is 14.7 Å². The average molecular weight is 295 g/mol. The van der Waals surface area contributed by atoms with E-state index in [0.29, 0.717) is 16.8 Å². The summed E-state index contributed by atoms with van der Waals surface area (Å²) in [5.41, 5.74) is 2.81. The maximum absolute atomic E-state index is 12.3. The summed E-state index contributed by atoms with van der Waals surface area (Å²) in [5, 5.41) is 9.25. The van der Waals surface area contributed by atoms with Crippen molar-refractivity contribution in [3.05, 3.63) is 47.0 Å². The van der Waals surface area contributed by atoms with Crippen LogP contribution in [0.2, 0.25) is 0 Å². The van der Waals surface area contributed by atoms with Gasteiger partial charge in [-0.05, 0) is 36.6 Å². The summed E-state index contributed by atoms with van der Waals surface area (Å²) in [6, 6.07) is 3.27. The maximum atomic E-state index is 12.3. The Morgan fingerprint density at radius 1 is 1.30 bits per heavy atom.